The van der Waals surface area contributed by atoms with E-state index in [0.29, 0.717) is 0 Å². The molecular formula is C12H25NS. The first-order valence-electron chi connectivity index (χ1n) is 6.15. The first-order valence-corrected chi connectivity index (χ1v) is 7.30. The zero-order valence-electron chi connectivity index (χ0n) is 9.72. The fourth-order valence-corrected chi connectivity index (χ4v) is 3.22. The lowest BCUT2D eigenvalue weighted by Crippen LogP contribution is -2.29. The Bertz CT molecular complexity index is 128. The van der Waals surface area contributed by atoms with Gasteiger partial charge < -0.3 is 5.32 Å². The van der Waals surface area contributed by atoms with E-state index in [1.165, 1.54) is 50.3 Å². The highest BCUT2D eigenvalue weighted by Gasteiger charge is 2.13. The molecule has 0 bridgehead atoms. The molecule has 1 fully saturated rings. The first kappa shape index (κ1) is 12.4. The number of hydrogen-bond donors (Lipinski definition) is 1. The van der Waals surface area contributed by atoms with Crippen molar-refractivity contribution in [2.45, 2.75) is 39.5 Å². The van der Waals surface area contributed by atoms with Crippen LogP contribution in [0.25, 0.3) is 0 Å². The Balaban J connectivity index is 2.01. The molecule has 0 aromatic carbocycles. The molecule has 0 spiro atoms. The molecule has 2 heteroatoms. The van der Waals surface area contributed by atoms with Crippen LogP contribution in [0, 0.1) is 11.8 Å². The number of hydrogen-bond acceptors (Lipinski definition) is 2. The van der Waals surface area contributed by atoms with Crippen LogP contribution >= 0.6 is 11.8 Å². The Morgan fingerprint density at radius 3 is 2.43 bits per heavy atom. The van der Waals surface area contributed by atoms with Gasteiger partial charge in [-0.15, -0.1) is 0 Å². The highest BCUT2D eigenvalue weighted by molar-refractivity contribution is 7.99. The molecule has 14 heavy (non-hydrogen) atoms. The van der Waals surface area contributed by atoms with Crippen molar-refractivity contribution >= 4 is 11.8 Å². The van der Waals surface area contributed by atoms with Gasteiger partial charge in [-0.3, -0.25) is 0 Å². The van der Waals surface area contributed by atoms with Crippen molar-refractivity contribution in [3.05, 3.63) is 0 Å². The van der Waals surface area contributed by atoms with Gasteiger partial charge in [0.25, 0.3) is 0 Å². The Morgan fingerprint density at radius 1 is 1.21 bits per heavy atom. The van der Waals surface area contributed by atoms with Crippen LogP contribution in [0.4, 0.5) is 0 Å². The average molecular weight is 215 g/mol. The van der Waals surface area contributed by atoms with Crippen molar-refractivity contribution in [3.8, 4) is 0 Å². The SMILES string of the molecule is CCC(CC)CNCC1CCSCC1. The number of nitrogens with one attached hydrogen (secondary N) is 1. The van der Waals surface area contributed by atoms with E-state index in [4.69, 9.17) is 0 Å². The second-order valence-corrected chi connectivity index (χ2v) is 5.62. The van der Waals surface area contributed by atoms with Crippen LogP contribution in [-0.4, -0.2) is 24.6 Å². The lowest BCUT2D eigenvalue weighted by molar-refractivity contribution is 0.396. The third-order valence-electron chi connectivity index (χ3n) is 3.36. The van der Waals surface area contributed by atoms with Crippen molar-refractivity contribution in [2.75, 3.05) is 24.6 Å². The molecule has 1 heterocycles. The fourth-order valence-electron chi connectivity index (χ4n) is 2.02. The highest BCUT2D eigenvalue weighted by Crippen LogP contribution is 2.21. The van der Waals surface area contributed by atoms with E-state index in [2.05, 4.69) is 30.9 Å². The summed E-state index contributed by atoms with van der Waals surface area (Å²) in [6.07, 6.45) is 5.51. The highest BCUT2D eigenvalue weighted by atomic mass is 32.2. The minimum Gasteiger partial charge on any atom is -0.316 e. The van der Waals surface area contributed by atoms with Gasteiger partial charge in [0.05, 0.1) is 0 Å². The molecule has 1 aliphatic heterocycles. The smallest absolute Gasteiger partial charge is 0.00198 e. The van der Waals surface area contributed by atoms with E-state index in [1.807, 2.05) is 0 Å². The van der Waals surface area contributed by atoms with Gasteiger partial charge in [0.15, 0.2) is 0 Å². The molecule has 1 saturated heterocycles. The third kappa shape index (κ3) is 4.70. The average Bonchev–Trinajstić information content (AvgIpc) is 2.26. The maximum atomic E-state index is 3.65. The molecule has 0 aromatic rings. The van der Waals surface area contributed by atoms with Crippen molar-refractivity contribution in [3.63, 3.8) is 0 Å². The standard InChI is InChI=1S/C12H25NS/c1-3-11(4-2)9-13-10-12-5-7-14-8-6-12/h11-13H,3-10H2,1-2H3. The summed E-state index contributed by atoms with van der Waals surface area (Å²) in [6, 6.07) is 0. The van der Waals surface area contributed by atoms with E-state index in [1.54, 1.807) is 0 Å². The van der Waals surface area contributed by atoms with Crippen molar-refractivity contribution in [1.29, 1.82) is 0 Å². The van der Waals surface area contributed by atoms with E-state index in [0.717, 1.165) is 11.8 Å². The van der Waals surface area contributed by atoms with Crippen LogP contribution < -0.4 is 5.32 Å². The van der Waals surface area contributed by atoms with Gasteiger partial charge in [-0.25, -0.2) is 0 Å². The molecule has 1 N–H and O–H groups in total. The van der Waals surface area contributed by atoms with Crippen LogP contribution in [0.5, 0.6) is 0 Å². The van der Waals surface area contributed by atoms with Crippen LogP contribution in [-0.2, 0) is 0 Å². The van der Waals surface area contributed by atoms with Crippen LogP contribution in [0.15, 0.2) is 0 Å². The van der Waals surface area contributed by atoms with Gasteiger partial charge in [0.2, 0.25) is 0 Å². The Hall–Kier alpha value is 0.310. The van der Waals surface area contributed by atoms with E-state index in [-0.39, 0.29) is 0 Å². The predicted octanol–water partition coefficient (Wildman–Crippen LogP) is 3.16. The van der Waals surface area contributed by atoms with Gasteiger partial charge in [-0.1, -0.05) is 26.7 Å². The summed E-state index contributed by atoms with van der Waals surface area (Å²) >= 11 is 2.12. The Morgan fingerprint density at radius 2 is 1.86 bits per heavy atom. The van der Waals surface area contributed by atoms with Crippen molar-refractivity contribution in [1.82, 2.24) is 5.32 Å². The Labute approximate surface area is 93.4 Å². The summed E-state index contributed by atoms with van der Waals surface area (Å²) in [6.45, 7) is 7.09. The van der Waals surface area contributed by atoms with Gasteiger partial charge in [-0.2, -0.15) is 11.8 Å². The molecule has 0 amide bonds. The van der Waals surface area contributed by atoms with E-state index in [9.17, 15) is 0 Å². The molecule has 0 radical (unpaired) electrons. The number of rotatable bonds is 6. The predicted molar refractivity (Wildman–Crippen MR) is 67.0 cm³/mol. The summed E-state index contributed by atoms with van der Waals surface area (Å²) in [5, 5.41) is 3.65. The summed E-state index contributed by atoms with van der Waals surface area (Å²) in [5.74, 6) is 4.63. The molecule has 0 atom stereocenters. The lowest BCUT2D eigenvalue weighted by atomic mass is 10.0. The zero-order valence-corrected chi connectivity index (χ0v) is 10.5. The lowest BCUT2D eigenvalue weighted by Gasteiger charge is -2.22. The fraction of sp³-hybridized carbons (Fsp3) is 1.00. The molecule has 0 aromatic heterocycles. The monoisotopic (exact) mass is 215 g/mol. The summed E-state index contributed by atoms with van der Waals surface area (Å²) in [5.41, 5.74) is 0. The normalized spacial score (nSPS) is 19.1. The maximum absolute atomic E-state index is 3.65. The zero-order chi connectivity index (χ0) is 10.2. The molecule has 0 aliphatic carbocycles. The minimum absolute atomic E-state index is 0.896. The molecule has 0 saturated carbocycles. The molecule has 1 aliphatic rings. The quantitative estimate of drug-likeness (QED) is 0.730. The van der Waals surface area contributed by atoms with Gasteiger partial charge in [0, 0.05) is 0 Å². The summed E-state index contributed by atoms with van der Waals surface area (Å²) in [4.78, 5) is 0. The van der Waals surface area contributed by atoms with Crippen LogP contribution in [0.1, 0.15) is 39.5 Å². The maximum Gasteiger partial charge on any atom is -0.00198 e. The molecule has 0 unspecified atom stereocenters. The molecule has 1 rings (SSSR count). The molecule has 1 nitrogen and oxygen atoms in total. The van der Waals surface area contributed by atoms with Crippen LogP contribution in [0.2, 0.25) is 0 Å². The van der Waals surface area contributed by atoms with Gasteiger partial charge >= 0.3 is 0 Å². The second kappa shape index (κ2) is 7.58. The second-order valence-electron chi connectivity index (χ2n) is 4.40. The summed E-state index contributed by atoms with van der Waals surface area (Å²) < 4.78 is 0. The number of thioether (sulfide) groups is 1. The van der Waals surface area contributed by atoms with Crippen LogP contribution in [0.3, 0.4) is 0 Å². The first-order chi connectivity index (χ1) is 6.86. The third-order valence-corrected chi connectivity index (χ3v) is 4.41. The van der Waals surface area contributed by atoms with E-state index >= 15 is 0 Å². The van der Waals surface area contributed by atoms with Gasteiger partial charge in [0.1, 0.15) is 0 Å². The van der Waals surface area contributed by atoms with Crippen molar-refractivity contribution in [2.24, 2.45) is 11.8 Å². The van der Waals surface area contributed by atoms with Gasteiger partial charge in [-0.05, 0) is 49.3 Å². The van der Waals surface area contributed by atoms with Crippen molar-refractivity contribution < 1.29 is 0 Å². The van der Waals surface area contributed by atoms with E-state index < -0.39 is 0 Å². The molecule has 84 valence electrons. The minimum atomic E-state index is 0.896. The topological polar surface area (TPSA) is 12.0 Å². The molecular weight excluding hydrogens is 190 g/mol. The summed E-state index contributed by atoms with van der Waals surface area (Å²) in [7, 11) is 0. The Kier molecular flexibility index (Phi) is 6.70. The largest absolute Gasteiger partial charge is 0.316 e.